The van der Waals surface area contributed by atoms with Gasteiger partial charge in [-0.05, 0) is 7.05 Å². The molecule has 3 heteroatoms. The molecule has 1 aliphatic rings. The average molecular weight is 170 g/mol. The third kappa shape index (κ3) is 2.48. The second-order valence-electron chi connectivity index (χ2n) is 3.99. The fourth-order valence-corrected chi connectivity index (χ4v) is 1.41. The van der Waals surface area contributed by atoms with E-state index in [-0.39, 0.29) is 11.8 Å². The van der Waals surface area contributed by atoms with Crippen LogP contribution in [0, 0.1) is 11.8 Å². The van der Waals surface area contributed by atoms with Crippen LogP contribution in [0.15, 0.2) is 0 Å². The number of hydrogen-bond donors (Lipinski definition) is 1. The number of rotatable bonds is 3. The molecule has 1 amide bonds. The molecule has 0 aromatic heterocycles. The van der Waals surface area contributed by atoms with Crippen molar-refractivity contribution in [1.82, 2.24) is 10.2 Å². The van der Waals surface area contributed by atoms with E-state index in [2.05, 4.69) is 17.3 Å². The van der Waals surface area contributed by atoms with Crippen LogP contribution in [0.25, 0.3) is 0 Å². The molecule has 0 radical (unpaired) electrons. The van der Waals surface area contributed by atoms with E-state index in [1.165, 1.54) is 0 Å². The van der Waals surface area contributed by atoms with Crippen LogP contribution in [0.1, 0.15) is 13.8 Å². The van der Waals surface area contributed by atoms with Crippen LogP contribution in [0.4, 0.5) is 0 Å². The Labute approximate surface area is 74.1 Å². The van der Waals surface area contributed by atoms with Gasteiger partial charge in [0.2, 0.25) is 5.91 Å². The molecule has 0 unspecified atom stereocenters. The van der Waals surface area contributed by atoms with Crippen molar-refractivity contribution in [1.29, 1.82) is 0 Å². The van der Waals surface area contributed by atoms with Crippen LogP contribution in [0.3, 0.4) is 0 Å². The third-order valence-electron chi connectivity index (χ3n) is 2.23. The predicted octanol–water partition coefficient (Wildman–Crippen LogP) is 0.320. The van der Waals surface area contributed by atoms with Gasteiger partial charge in [0.15, 0.2) is 0 Å². The summed E-state index contributed by atoms with van der Waals surface area (Å²) in [4.78, 5) is 13.4. The summed E-state index contributed by atoms with van der Waals surface area (Å²) in [5, 5.41) is 2.94. The van der Waals surface area contributed by atoms with Gasteiger partial charge in [-0.2, -0.15) is 0 Å². The van der Waals surface area contributed by atoms with Crippen LogP contribution in [-0.2, 0) is 4.79 Å². The molecule has 1 heterocycles. The number of hydrogen-bond acceptors (Lipinski definition) is 2. The molecule has 1 rings (SSSR count). The molecular formula is C9H18N2O. The van der Waals surface area contributed by atoms with Crippen molar-refractivity contribution in [3.63, 3.8) is 0 Å². The van der Waals surface area contributed by atoms with Gasteiger partial charge in [0.25, 0.3) is 0 Å². The van der Waals surface area contributed by atoms with Crippen molar-refractivity contribution in [2.75, 3.05) is 26.7 Å². The molecule has 1 N–H and O–H groups in total. The maximum Gasteiger partial charge on any atom is 0.222 e. The first-order valence-corrected chi connectivity index (χ1v) is 4.56. The maximum atomic E-state index is 11.1. The lowest BCUT2D eigenvalue weighted by atomic mass is 10.0. The Kier molecular flexibility index (Phi) is 3.09. The number of carbonyl (C=O) groups excluding carboxylic acids is 1. The average Bonchev–Trinajstić information content (AvgIpc) is 1.95. The summed E-state index contributed by atoms with van der Waals surface area (Å²) in [6.07, 6.45) is 0. The van der Waals surface area contributed by atoms with E-state index in [1.54, 1.807) is 0 Å². The second kappa shape index (κ2) is 3.90. The van der Waals surface area contributed by atoms with E-state index in [0.29, 0.717) is 5.92 Å². The molecule has 1 saturated heterocycles. The molecule has 12 heavy (non-hydrogen) atoms. The van der Waals surface area contributed by atoms with Gasteiger partial charge in [-0.15, -0.1) is 0 Å². The first-order valence-electron chi connectivity index (χ1n) is 4.56. The van der Waals surface area contributed by atoms with E-state index in [1.807, 2.05) is 13.8 Å². The third-order valence-corrected chi connectivity index (χ3v) is 2.23. The zero-order valence-corrected chi connectivity index (χ0v) is 8.13. The summed E-state index contributed by atoms with van der Waals surface area (Å²) in [5.41, 5.74) is 0. The summed E-state index contributed by atoms with van der Waals surface area (Å²) >= 11 is 0. The molecule has 0 spiro atoms. The van der Waals surface area contributed by atoms with Crippen LogP contribution < -0.4 is 5.32 Å². The Bertz CT molecular complexity index is 162. The van der Waals surface area contributed by atoms with Gasteiger partial charge in [-0.3, -0.25) is 4.79 Å². The molecule has 0 saturated carbocycles. The van der Waals surface area contributed by atoms with E-state index in [4.69, 9.17) is 0 Å². The quantitative estimate of drug-likeness (QED) is 0.661. The zero-order chi connectivity index (χ0) is 9.14. The number of carbonyl (C=O) groups is 1. The topological polar surface area (TPSA) is 32.3 Å². The molecule has 0 atom stereocenters. The number of nitrogens with zero attached hydrogens (tertiary/aromatic N) is 1. The van der Waals surface area contributed by atoms with Crippen LogP contribution >= 0.6 is 0 Å². The number of likely N-dealkylation sites (tertiary alicyclic amines) is 1. The van der Waals surface area contributed by atoms with Gasteiger partial charge >= 0.3 is 0 Å². The van der Waals surface area contributed by atoms with E-state index in [0.717, 1.165) is 19.6 Å². The molecular weight excluding hydrogens is 152 g/mol. The summed E-state index contributed by atoms with van der Waals surface area (Å²) in [6.45, 7) is 6.93. The molecule has 0 aliphatic carbocycles. The van der Waals surface area contributed by atoms with Crippen molar-refractivity contribution in [2.45, 2.75) is 13.8 Å². The zero-order valence-electron chi connectivity index (χ0n) is 8.13. The minimum atomic E-state index is 0.114. The minimum Gasteiger partial charge on any atom is -0.356 e. The van der Waals surface area contributed by atoms with E-state index < -0.39 is 0 Å². The first-order chi connectivity index (χ1) is 5.59. The Hall–Kier alpha value is -0.570. The SMILES string of the molecule is CC(C)C(=O)NCC1CN(C)C1. The fraction of sp³-hybridized carbons (Fsp3) is 0.889. The highest BCUT2D eigenvalue weighted by atomic mass is 16.1. The maximum absolute atomic E-state index is 11.1. The molecule has 1 fully saturated rings. The second-order valence-corrected chi connectivity index (χ2v) is 3.99. The highest BCUT2D eigenvalue weighted by Crippen LogP contribution is 2.10. The highest BCUT2D eigenvalue weighted by Gasteiger charge is 2.23. The van der Waals surface area contributed by atoms with Crippen LogP contribution in [0.5, 0.6) is 0 Å². The van der Waals surface area contributed by atoms with Crippen LogP contribution in [0.2, 0.25) is 0 Å². The molecule has 3 nitrogen and oxygen atoms in total. The lowest BCUT2D eigenvalue weighted by molar-refractivity contribution is -0.124. The van der Waals surface area contributed by atoms with E-state index in [9.17, 15) is 4.79 Å². The fourth-order valence-electron chi connectivity index (χ4n) is 1.41. The van der Waals surface area contributed by atoms with Crippen molar-refractivity contribution in [3.05, 3.63) is 0 Å². The summed E-state index contributed by atoms with van der Waals surface area (Å²) in [5.74, 6) is 0.963. The summed E-state index contributed by atoms with van der Waals surface area (Å²) < 4.78 is 0. The standard InChI is InChI=1S/C9H18N2O/c1-7(2)9(12)10-4-8-5-11(3)6-8/h7-8H,4-6H2,1-3H3,(H,10,12). The first kappa shape index (κ1) is 9.52. The smallest absolute Gasteiger partial charge is 0.222 e. The van der Waals surface area contributed by atoms with Crippen molar-refractivity contribution >= 4 is 5.91 Å². The van der Waals surface area contributed by atoms with Crippen molar-refractivity contribution in [3.8, 4) is 0 Å². The summed E-state index contributed by atoms with van der Waals surface area (Å²) in [7, 11) is 2.10. The molecule has 0 aromatic rings. The largest absolute Gasteiger partial charge is 0.356 e. The Balaban J connectivity index is 2.06. The molecule has 0 aromatic carbocycles. The Morgan fingerprint density at radius 1 is 1.58 bits per heavy atom. The van der Waals surface area contributed by atoms with Gasteiger partial charge in [0, 0.05) is 31.5 Å². The lowest BCUT2D eigenvalue weighted by Gasteiger charge is -2.36. The highest BCUT2D eigenvalue weighted by molar-refractivity contribution is 5.77. The van der Waals surface area contributed by atoms with E-state index >= 15 is 0 Å². The Morgan fingerprint density at radius 3 is 2.58 bits per heavy atom. The molecule has 0 bridgehead atoms. The normalized spacial score (nSPS) is 19.3. The van der Waals surface area contributed by atoms with Crippen molar-refractivity contribution in [2.24, 2.45) is 11.8 Å². The number of amides is 1. The van der Waals surface area contributed by atoms with Gasteiger partial charge in [-0.1, -0.05) is 13.8 Å². The molecule has 1 aliphatic heterocycles. The van der Waals surface area contributed by atoms with Gasteiger partial charge in [-0.25, -0.2) is 0 Å². The minimum absolute atomic E-state index is 0.114. The molecule has 70 valence electrons. The Morgan fingerprint density at radius 2 is 2.17 bits per heavy atom. The lowest BCUT2D eigenvalue weighted by Crippen LogP contribution is -2.49. The summed E-state index contributed by atoms with van der Waals surface area (Å²) in [6, 6.07) is 0. The van der Waals surface area contributed by atoms with Crippen LogP contribution in [-0.4, -0.2) is 37.5 Å². The predicted molar refractivity (Wildman–Crippen MR) is 48.8 cm³/mol. The van der Waals surface area contributed by atoms with Gasteiger partial charge < -0.3 is 10.2 Å². The van der Waals surface area contributed by atoms with Gasteiger partial charge in [0.1, 0.15) is 0 Å². The van der Waals surface area contributed by atoms with Crippen molar-refractivity contribution < 1.29 is 4.79 Å². The number of nitrogens with one attached hydrogen (secondary N) is 1. The van der Waals surface area contributed by atoms with Gasteiger partial charge in [0.05, 0.1) is 0 Å². The monoisotopic (exact) mass is 170 g/mol.